The van der Waals surface area contributed by atoms with Crippen LogP contribution in [0, 0.1) is 6.92 Å². The van der Waals surface area contributed by atoms with Gasteiger partial charge in [0.05, 0.1) is 29.3 Å². The van der Waals surface area contributed by atoms with Crippen LogP contribution in [0.4, 0.5) is 11.4 Å². The number of para-hydroxylation sites is 2. The lowest BCUT2D eigenvalue weighted by atomic mass is 10.2. The molecule has 0 aliphatic carbocycles. The van der Waals surface area contributed by atoms with Crippen molar-refractivity contribution in [2.45, 2.75) is 20.8 Å². The fourth-order valence-electron chi connectivity index (χ4n) is 2.56. The molecule has 1 N–H and O–H groups in total. The maximum atomic E-state index is 12.7. The van der Waals surface area contributed by atoms with E-state index in [2.05, 4.69) is 10.4 Å². The minimum Gasteiger partial charge on any atom is -0.492 e. The van der Waals surface area contributed by atoms with Crippen molar-refractivity contribution in [1.82, 2.24) is 0 Å². The first-order valence-corrected chi connectivity index (χ1v) is 8.25. The molecule has 0 atom stereocenters. The fraction of sp³-hybridized carbons (Fsp3) is 0.200. The molecular weight excluding hydrogens is 314 g/mol. The number of rotatable bonds is 5. The van der Waals surface area contributed by atoms with Gasteiger partial charge in [0, 0.05) is 6.20 Å². The van der Waals surface area contributed by atoms with Crippen molar-refractivity contribution in [2.75, 3.05) is 16.9 Å². The van der Waals surface area contributed by atoms with Gasteiger partial charge in [-0.15, -0.1) is 0 Å². The van der Waals surface area contributed by atoms with Crippen LogP contribution >= 0.6 is 0 Å². The number of amides is 1. The molecule has 0 fully saturated rings. The van der Waals surface area contributed by atoms with Crippen LogP contribution in [0.2, 0.25) is 0 Å². The Morgan fingerprint density at radius 2 is 1.84 bits per heavy atom. The van der Waals surface area contributed by atoms with Gasteiger partial charge in [-0.2, -0.15) is 10.1 Å². The summed E-state index contributed by atoms with van der Waals surface area (Å²) in [6, 6.07) is 15.3. The second-order valence-electron chi connectivity index (χ2n) is 5.77. The van der Waals surface area contributed by atoms with Gasteiger partial charge in [0.25, 0.3) is 5.91 Å². The summed E-state index contributed by atoms with van der Waals surface area (Å²) in [4.78, 5) is 12.7. The monoisotopic (exact) mass is 335 g/mol. The van der Waals surface area contributed by atoms with Gasteiger partial charge in [-0.1, -0.05) is 29.8 Å². The predicted octanol–water partition coefficient (Wildman–Crippen LogP) is 4.11. The molecule has 2 aromatic rings. The summed E-state index contributed by atoms with van der Waals surface area (Å²) < 4.78 is 5.59. The number of nitrogens with one attached hydrogen (secondary N) is 1. The van der Waals surface area contributed by atoms with E-state index in [-0.39, 0.29) is 5.91 Å². The Bertz CT molecular complexity index is 838. The number of hydrazone groups is 1. The number of benzene rings is 2. The maximum Gasteiger partial charge on any atom is 0.282 e. The summed E-state index contributed by atoms with van der Waals surface area (Å²) in [6.07, 6.45) is 1.69. The molecule has 5 heteroatoms. The van der Waals surface area contributed by atoms with Crippen molar-refractivity contribution in [3.63, 3.8) is 0 Å². The zero-order valence-corrected chi connectivity index (χ0v) is 14.6. The smallest absolute Gasteiger partial charge is 0.282 e. The maximum absolute atomic E-state index is 12.7. The molecule has 1 aliphatic heterocycles. The lowest BCUT2D eigenvalue weighted by Gasteiger charge is -2.12. The largest absolute Gasteiger partial charge is 0.492 e. The fourth-order valence-corrected chi connectivity index (χ4v) is 2.56. The first-order chi connectivity index (χ1) is 12.1. The molecule has 0 aromatic heterocycles. The zero-order valence-electron chi connectivity index (χ0n) is 14.6. The van der Waals surface area contributed by atoms with E-state index < -0.39 is 0 Å². The summed E-state index contributed by atoms with van der Waals surface area (Å²) in [6.45, 7) is 6.35. The standard InChI is InChI=1S/C20H21N3O2/c1-4-25-19-8-6-5-7-18(19)21-13-17-15(3)22-23(20(17)24)16-11-9-14(2)10-12-16/h5-13,21H,4H2,1-3H3. The minimum atomic E-state index is -0.150. The average molecular weight is 335 g/mol. The van der Waals surface area contributed by atoms with Crippen LogP contribution in [0.5, 0.6) is 5.75 Å². The van der Waals surface area contributed by atoms with Gasteiger partial charge in [-0.25, -0.2) is 0 Å². The van der Waals surface area contributed by atoms with E-state index >= 15 is 0 Å². The van der Waals surface area contributed by atoms with Crippen LogP contribution in [0.25, 0.3) is 0 Å². The van der Waals surface area contributed by atoms with Crippen LogP contribution < -0.4 is 15.1 Å². The average Bonchev–Trinajstić information content (AvgIpc) is 2.89. The topological polar surface area (TPSA) is 53.9 Å². The number of carbonyl (C=O) groups is 1. The summed E-state index contributed by atoms with van der Waals surface area (Å²) in [5, 5.41) is 8.98. The van der Waals surface area contributed by atoms with E-state index in [1.165, 1.54) is 5.01 Å². The minimum absolute atomic E-state index is 0.150. The van der Waals surface area contributed by atoms with Gasteiger partial charge in [-0.3, -0.25) is 4.79 Å². The zero-order chi connectivity index (χ0) is 17.8. The van der Waals surface area contributed by atoms with Crippen LogP contribution in [0.15, 0.2) is 65.4 Å². The van der Waals surface area contributed by atoms with Gasteiger partial charge in [0.1, 0.15) is 5.75 Å². The van der Waals surface area contributed by atoms with E-state index in [0.717, 1.165) is 22.7 Å². The molecule has 5 nitrogen and oxygen atoms in total. The summed E-state index contributed by atoms with van der Waals surface area (Å²) >= 11 is 0. The first kappa shape index (κ1) is 16.8. The molecule has 0 unspecified atom stereocenters. The molecule has 1 heterocycles. The van der Waals surface area contributed by atoms with E-state index in [9.17, 15) is 4.79 Å². The number of nitrogens with zero attached hydrogens (tertiary/aromatic N) is 2. The SMILES string of the molecule is CCOc1ccccc1NC=C1C(=O)N(c2ccc(C)cc2)N=C1C. The van der Waals surface area contributed by atoms with Crippen molar-refractivity contribution < 1.29 is 9.53 Å². The van der Waals surface area contributed by atoms with Crippen molar-refractivity contribution in [1.29, 1.82) is 0 Å². The molecule has 128 valence electrons. The molecule has 1 amide bonds. The van der Waals surface area contributed by atoms with Gasteiger partial charge in [0.2, 0.25) is 0 Å². The Balaban J connectivity index is 1.82. The van der Waals surface area contributed by atoms with Gasteiger partial charge >= 0.3 is 0 Å². The molecule has 3 rings (SSSR count). The molecule has 0 saturated heterocycles. The number of carbonyl (C=O) groups excluding carboxylic acids is 1. The number of ether oxygens (including phenoxy) is 1. The molecular formula is C20H21N3O2. The number of hydrogen-bond donors (Lipinski definition) is 1. The highest BCUT2D eigenvalue weighted by molar-refractivity contribution is 6.29. The summed E-state index contributed by atoms with van der Waals surface area (Å²) in [7, 11) is 0. The second kappa shape index (κ2) is 7.21. The third-order valence-corrected chi connectivity index (χ3v) is 3.90. The third-order valence-electron chi connectivity index (χ3n) is 3.90. The van der Waals surface area contributed by atoms with Crippen molar-refractivity contribution in [2.24, 2.45) is 5.10 Å². The first-order valence-electron chi connectivity index (χ1n) is 8.25. The Morgan fingerprint density at radius 1 is 1.12 bits per heavy atom. The van der Waals surface area contributed by atoms with Crippen molar-refractivity contribution in [3.8, 4) is 5.75 Å². The number of aryl methyl sites for hydroxylation is 1. The molecule has 0 radical (unpaired) electrons. The van der Waals surface area contributed by atoms with Crippen LogP contribution in [-0.4, -0.2) is 18.2 Å². The lowest BCUT2D eigenvalue weighted by Crippen LogP contribution is -2.21. The van der Waals surface area contributed by atoms with E-state index in [0.29, 0.717) is 17.9 Å². The summed E-state index contributed by atoms with van der Waals surface area (Å²) in [5.41, 5.74) is 3.92. The van der Waals surface area contributed by atoms with E-state index in [4.69, 9.17) is 4.74 Å². The molecule has 0 bridgehead atoms. The van der Waals surface area contributed by atoms with E-state index in [1.807, 2.05) is 69.3 Å². The highest BCUT2D eigenvalue weighted by Gasteiger charge is 2.28. The highest BCUT2D eigenvalue weighted by Crippen LogP contribution is 2.26. The molecule has 25 heavy (non-hydrogen) atoms. The Hall–Kier alpha value is -3.08. The van der Waals surface area contributed by atoms with Crippen LogP contribution in [0.3, 0.4) is 0 Å². The van der Waals surface area contributed by atoms with E-state index in [1.54, 1.807) is 6.20 Å². The number of anilines is 2. The van der Waals surface area contributed by atoms with Gasteiger partial charge < -0.3 is 10.1 Å². The molecule has 2 aromatic carbocycles. The van der Waals surface area contributed by atoms with Gasteiger partial charge in [0.15, 0.2) is 0 Å². The molecule has 0 saturated carbocycles. The predicted molar refractivity (Wildman–Crippen MR) is 101 cm³/mol. The molecule has 0 spiro atoms. The Labute approximate surface area is 147 Å². The van der Waals surface area contributed by atoms with Crippen LogP contribution in [-0.2, 0) is 4.79 Å². The lowest BCUT2D eigenvalue weighted by molar-refractivity contribution is -0.114. The van der Waals surface area contributed by atoms with Crippen molar-refractivity contribution in [3.05, 3.63) is 65.9 Å². The Kier molecular flexibility index (Phi) is 4.84. The highest BCUT2D eigenvalue weighted by atomic mass is 16.5. The number of hydrogen-bond acceptors (Lipinski definition) is 4. The third kappa shape index (κ3) is 3.55. The summed E-state index contributed by atoms with van der Waals surface area (Å²) in [5.74, 6) is 0.597. The molecule has 1 aliphatic rings. The second-order valence-corrected chi connectivity index (χ2v) is 5.77. The van der Waals surface area contributed by atoms with Crippen molar-refractivity contribution >= 4 is 23.0 Å². The van der Waals surface area contributed by atoms with Gasteiger partial charge in [-0.05, 0) is 45.0 Å². The quantitative estimate of drug-likeness (QED) is 0.837. The van der Waals surface area contributed by atoms with Crippen LogP contribution in [0.1, 0.15) is 19.4 Å². The Morgan fingerprint density at radius 3 is 2.56 bits per heavy atom. The normalized spacial score (nSPS) is 15.5.